The van der Waals surface area contributed by atoms with E-state index in [-0.39, 0.29) is 6.42 Å². The van der Waals surface area contributed by atoms with Crippen LogP contribution in [0.25, 0.3) is 10.6 Å². The maximum Gasteiger partial charge on any atom is 0.303 e. The smallest absolute Gasteiger partial charge is 0.303 e. The molecule has 0 saturated heterocycles. The van der Waals surface area contributed by atoms with Gasteiger partial charge in [0, 0.05) is 29.3 Å². The molecule has 0 unspecified atom stereocenters. The number of aliphatic carboxylic acids is 1. The van der Waals surface area contributed by atoms with Gasteiger partial charge in [-0.05, 0) is 31.9 Å². The van der Waals surface area contributed by atoms with Crippen LogP contribution in [0.4, 0.5) is 0 Å². The Morgan fingerprint density at radius 1 is 1.50 bits per heavy atom. The van der Waals surface area contributed by atoms with Gasteiger partial charge in [-0.1, -0.05) is 0 Å². The molecule has 1 N–H and O–H groups in total. The van der Waals surface area contributed by atoms with Gasteiger partial charge in [-0.25, -0.2) is 4.98 Å². The summed E-state index contributed by atoms with van der Waals surface area (Å²) in [5.41, 5.74) is 2.00. The lowest BCUT2D eigenvalue weighted by Gasteiger charge is -1.95. The number of carbonyl (C=O) groups is 1. The molecule has 0 aliphatic heterocycles. The van der Waals surface area contributed by atoms with Gasteiger partial charge in [-0.2, -0.15) is 0 Å². The minimum atomic E-state index is -0.746. The number of pyridine rings is 1. The van der Waals surface area contributed by atoms with Gasteiger partial charge in [-0.15, -0.1) is 11.3 Å². The average Bonchev–Trinajstić information content (AvgIpc) is 2.72. The Kier molecular flexibility index (Phi) is 4.04. The van der Waals surface area contributed by atoms with Crippen LogP contribution in [0, 0.1) is 6.92 Å². The minimum absolute atomic E-state index is 0.208. The lowest BCUT2D eigenvalue weighted by atomic mass is 10.2. The fraction of sp³-hybridized carbons (Fsp3) is 0.308. The molecule has 2 heterocycles. The minimum Gasteiger partial charge on any atom is -0.481 e. The number of aromatic nitrogens is 2. The van der Waals surface area contributed by atoms with Crippen molar-refractivity contribution in [2.24, 2.45) is 0 Å². The molecule has 0 amide bonds. The highest BCUT2D eigenvalue weighted by atomic mass is 32.1. The molecule has 18 heavy (non-hydrogen) atoms. The summed E-state index contributed by atoms with van der Waals surface area (Å²) < 4.78 is 0. The van der Waals surface area contributed by atoms with Crippen LogP contribution in [0.5, 0.6) is 0 Å². The van der Waals surface area contributed by atoms with E-state index in [4.69, 9.17) is 5.11 Å². The van der Waals surface area contributed by atoms with Crippen LogP contribution in [0.2, 0.25) is 0 Å². The molecule has 5 heteroatoms. The van der Waals surface area contributed by atoms with Crippen LogP contribution in [-0.4, -0.2) is 21.0 Å². The van der Waals surface area contributed by atoms with Crippen molar-refractivity contribution in [3.63, 3.8) is 0 Å². The molecular weight excluding hydrogens is 248 g/mol. The molecule has 2 aromatic heterocycles. The third kappa shape index (κ3) is 3.13. The number of hydrogen-bond acceptors (Lipinski definition) is 4. The van der Waals surface area contributed by atoms with E-state index >= 15 is 0 Å². The fourth-order valence-corrected chi connectivity index (χ4v) is 2.77. The van der Waals surface area contributed by atoms with E-state index in [0.29, 0.717) is 6.42 Å². The third-order valence-electron chi connectivity index (χ3n) is 2.60. The first-order valence-electron chi connectivity index (χ1n) is 5.75. The maximum atomic E-state index is 10.5. The predicted octanol–water partition coefficient (Wildman–Crippen LogP) is 2.92. The van der Waals surface area contributed by atoms with Crippen molar-refractivity contribution in [3.05, 3.63) is 35.1 Å². The summed E-state index contributed by atoms with van der Waals surface area (Å²) >= 11 is 1.62. The van der Waals surface area contributed by atoms with Crippen molar-refractivity contribution < 1.29 is 9.90 Å². The number of aryl methyl sites for hydroxylation is 2. The fourth-order valence-electron chi connectivity index (χ4n) is 1.67. The number of nitrogens with zero attached hydrogens (tertiary/aromatic N) is 2. The number of carboxylic acids is 1. The van der Waals surface area contributed by atoms with Crippen LogP contribution in [0.3, 0.4) is 0 Å². The summed E-state index contributed by atoms with van der Waals surface area (Å²) in [6, 6.07) is 3.86. The second kappa shape index (κ2) is 5.73. The summed E-state index contributed by atoms with van der Waals surface area (Å²) in [6.07, 6.45) is 5.16. The van der Waals surface area contributed by atoms with Gasteiger partial charge >= 0.3 is 5.97 Å². The summed E-state index contributed by atoms with van der Waals surface area (Å²) in [4.78, 5) is 20.2. The number of carboxylic acid groups (broad SMARTS) is 1. The van der Waals surface area contributed by atoms with E-state index in [1.807, 2.05) is 19.1 Å². The highest BCUT2D eigenvalue weighted by molar-refractivity contribution is 7.15. The Bertz CT molecular complexity index is 537. The van der Waals surface area contributed by atoms with Crippen molar-refractivity contribution in [2.45, 2.75) is 26.2 Å². The van der Waals surface area contributed by atoms with Crippen LogP contribution >= 0.6 is 11.3 Å². The molecule has 0 aromatic carbocycles. The molecule has 0 atom stereocenters. The number of thiazole rings is 1. The van der Waals surface area contributed by atoms with E-state index in [0.717, 1.165) is 27.6 Å². The van der Waals surface area contributed by atoms with Gasteiger partial charge in [-0.3, -0.25) is 9.78 Å². The largest absolute Gasteiger partial charge is 0.481 e. The Labute approximate surface area is 109 Å². The van der Waals surface area contributed by atoms with Crippen molar-refractivity contribution in [1.29, 1.82) is 0 Å². The molecule has 0 radical (unpaired) electrons. The first kappa shape index (κ1) is 12.7. The van der Waals surface area contributed by atoms with Crippen molar-refractivity contribution in [2.75, 3.05) is 0 Å². The average molecular weight is 262 g/mol. The molecule has 2 aromatic rings. The van der Waals surface area contributed by atoms with E-state index < -0.39 is 5.97 Å². The highest BCUT2D eigenvalue weighted by Gasteiger charge is 2.09. The molecule has 0 spiro atoms. The molecule has 2 rings (SSSR count). The third-order valence-corrected chi connectivity index (χ3v) is 3.86. The Hall–Kier alpha value is -1.75. The van der Waals surface area contributed by atoms with Crippen LogP contribution in [-0.2, 0) is 11.2 Å². The zero-order chi connectivity index (χ0) is 13.0. The molecule has 0 aliphatic carbocycles. The van der Waals surface area contributed by atoms with Crippen LogP contribution in [0.1, 0.15) is 23.4 Å². The zero-order valence-electron chi connectivity index (χ0n) is 10.1. The zero-order valence-corrected chi connectivity index (χ0v) is 10.9. The van der Waals surface area contributed by atoms with Gasteiger partial charge in [0.05, 0.1) is 5.69 Å². The molecule has 94 valence electrons. The normalized spacial score (nSPS) is 10.5. The summed E-state index contributed by atoms with van der Waals surface area (Å²) in [5.74, 6) is -0.746. The van der Waals surface area contributed by atoms with E-state index in [1.165, 1.54) is 0 Å². The summed E-state index contributed by atoms with van der Waals surface area (Å²) in [6.45, 7) is 1.96. The van der Waals surface area contributed by atoms with Gasteiger partial charge in [0.25, 0.3) is 0 Å². The van der Waals surface area contributed by atoms with E-state index in [2.05, 4.69) is 9.97 Å². The standard InChI is InChI=1S/C13H14N2O2S/c1-9-11(5-2-6-12(16)17)18-13(15-9)10-4-3-7-14-8-10/h3-4,7-8H,2,5-6H2,1H3,(H,16,17). The predicted molar refractivity (Wildman–Crippen MR) is 70.7 cm³/mol. The molecule has 0 aliphatic rings. The Balaban J connectivity index is 2.10. The molecule has 4 nitrogen and oxygen atoms in total. The number of rotatable bonds is 5. The topological polar surface area (TPSA) is 63.1 Å². The van der Waals surface area contributed by atoms with Gasteiger partial charge in [0.2, 0.25) is 0 Å². The van der Waals surface area contributed by atoms with Gasteiger partial charge < -0.3 is 5.11 Å². The van der Waals surface area contributed by atoms with Crippen molar-refractivity contribution in [3.8, 4) is 10.6 Å². The molecule has 0 bridgehead atoms. The van der Waals surface area contributed by atoms with Crippen molar-refractivity contribution >= 4 is 17.3 Å². The lowest BCUT2D eigenvalue weighted by molar-refractivity contribution is -0.137. The molecule has 0 saturated carbocycles. The van der Waals surface area contributed by atoms with Crippen molar-refractivity contribution in [1.82, 2.24) is 9.97 Å². The van der Waals surface area contributed by atoms with Crippen LogP contribution < -0.4 is 0 Å². The van der Waals surface area contributed by atoms with E-state index in [1.54, 1.807) is 23.7 Å². The Morgan fingerprint density at radius 3 is 3.00 bits per heavy atom. The Morgan fingerprint density at radius 2 is 2.33 bits per heavy atom. The summed E-state index contributed by atoms with van der Waals surface area (Å²) in [7, 11) is 0. The first-order chi connectivity index (χ1) is 8.66. The second-order valence-electron chi connectivity index (χ2n) is 4.02. The van der Waals surface area contributed by atoms with Gasteiger partial charge in [0.15, 0.2) is 0 Å². The van der Waals surface area contributed by atoms with Crippen LogP contribution in [0.15, 0.2) is 24.5 Å². The van der Waals surface area contributed by atoms with E-state index in [9.17, 15) is 4.79 Å². The quantitative estimate of drug-likeness (QED) is 0.899. The summed E-state index contributed by atoms with van der Waals surface area (Å²) in [5, 5.41) is 9.57. The first-order valence-corrected chi connectivity index (χ1v) is 6.57. The second-order valence-corrected chi connectivity index (χ2v) is 5.10. The SMILES string of the molecule is Cc1nc(-c2cccnc2)sc1CCCC(=O)O. The lowest BCUT2D eigenvalue weighted by Crippen LogP contribution is -1.95. The maximum absolute atomic E-state index is 10.5. The highest BCUT2D eigenvalue weighted by Crippen LogP contribution is 2.28. The monoisotopic (exact) mass is 262 g/mol. The number of hydrogen-bond donors (Lipinski definition) is 1. The molecular formula is C13H14N2O2S. The van der Waals surface area contributed by atoms with Gasteiger partial charge in [0.1, 0.15) is 5.01 Å². The molecule has 0 fully saturated rings.